The zero-order valence-corrected chi connectivity index (χ0v) is 14.7. The van der Waals surface area contributed by atoms with E-state index in [-0.39, 0.29) is 18.7 Å². The lowest BCUT2D eigenvalue weighted by molar-refractivity contribution is -0.144. The van der Waals surface area contributed by atoms with Crippen LogP contribution < -0.4 is 4.90 Å². The second-order valence-electron chi connectivity index (χ2n) is 6.85. The molecule has 144 valence electrons. The lowest BCUT2D eigenvalue weighted by atomic mass is 10.1. The normalized spacial score (nSPS) is 15.5. The van der Waals surface area contributed by atoms with Crippen LogP contribution >= 0.6 is 0 Å². The molecule has 0 radical (unpaired) electrons. The van der Waals surface area contributed by atoms with E-state index in [0.717, 1.165) is 21.0 Å². The van der Waals surface area contributed by atoms with E-state index in [4.69, 9.17) is 0 Å². The number of para-hydroxylation sites is 1. The highest BCUT2D eigenvalue weighted by atomic mass is 19.4. The Hall–Kier alpha value is -3.17. The predicted molar refractivity (Wildman–Crippen MR) is 94.5 cm³/mol. The van der Waals surface area contributed by atoms with Crippen LogP contribution in [0.5, 0.6) is 0 Å². The van der Waals surface area contributed by atoms with Gasteiger partial charge in [-0.1, -0.05) is 18.2 Å². The Labute approximate surface area is 156 Å². The molecule has 0 bridgehead atoms. The van der Waals surface area contributed by atoms with Crippen molar-refractivity contribution in [1.29, 1.82) is 0 Å². The van der Waals surface area contributed by atoms with Gasteiger partial charge in [0.1, 0.15) is 6.17 Å². The summed E-state index contributed by atoms with van der Waals surface area (Å²) in [4.78, 5) is 5.39. The molecule has 5 rings (SSSR count). The van der Waals surface area contributed by atoms with Gasteiger partial charge in [-0.15, -0.1) is 5.10 Å². The zero-order valence-electron chi connectivity index (χ0n) is 14.7. The van der Waals surface area contributed by atoms with Crippen LogP contribution in [0, 0.1) is 6.92 Å². The van der Waals surface area contributed by atoms with Crippen LogP contribution in [-0.4, -0.2) is 43.6 Å². The molecule has 0 unspecified atom stereocenters. The molecule has 1 saturated heterocycles. The first-order chi connectivity index (χ1) is 13.3. The molecule has 0 amide bonds. The average molecular weight is 390 g/mol. The van der Waals surface area contributed by atoms with Gasteiger partial charge in [-0.25, -0.2) is 14.1 Å². The molecule has 10 heteroatoms. The molecule has 28 heavy (non-hydrogen) atoms. The van der Waals surface area contributed by atoms with Gasteiger partial charge in [0.15, 0.2) is 11.5 Å². The summed E-state index contributed by atoms with van der Waals surface area (Å²) in [6.07, 6.45) is -3.98. The number of halogens is 4. The van der Waals surface area contributed by atoms with Gasteiger partial charge in [0, 0.05) is 23.2 Å². The number of nitrogens with zero attached hydrogens (tertiary/aromatic N) is 6. The van der Waals surface area contributed by atoms with Crippen molar-refractivity contribution in [3.8, 4) is 5.82 Å². The second-order valence-corrected chi connectivity index (χ2v) is 6.85. The highest BCUT2D eigenvalue weighted by Gasteiger charge is 2.37. The fourth-order valence-electron chi connectivity index (χ4n) is 3.47. The maximum absolute atomic E-state index is 13.3. The SMILES string of the molecule is Cc1cccc2cnn(-c3cc(N4CC(F)C4)cc4nc(C(F)(F)F)nn34)c12. The van der Waals surface area contributed by atoms with E-state index < -0.39 is 18.2 Å². The van der Waals surface area contributed by atoms with Crippen molar-refractivity contribution < 1.29 is 17.6 Å². The van der Waals surface area contributed by atoms with Gasteiger partial charge in [0.25, 0.3) is 5.82 Å². The highest BCUT2D eigenvalue weighted by Crippen LogP contribution is 2.31. The maximum Gasteiger partial charge on any atom is 0.453 e. The van der Waals surface area contributed by atoms with E-state index >= 15 is 0 Å². The summed E-state index contributed by atoms with van der Waals surface area (Å²) in [6.45, 7) is 2.27. The Kier molecular flexibility index (Phi) is 3.43. The summed E-state index contributed by atoms with van der Waals surface area (Å²) < 4.78 is 55.5. The van der Waals surface area contributed by atoms with Crippen molar-refractivity contribution in [2.75, 3.05) is 18.0 Å². The number of anilines is 1. The van der Waals surface area contributed by atoms with Crippen LogP contribution in [0.1, 0.15) is 11.4 Å². The van der Waals surface area contributed by atoms with Crippen molar-refractivity contribution in [1.82, 2.24) is 24.4 Å². The summed E-state index contributed by atoms with van der Waals surface area (Å²) >= 11 is 0. The van der Waals surface area contributed by atoms with Crippen molar-refractivity contribution in [3.63, 3.8) is 0 Å². The molecule has 0 N–H and O–H groups in total. The van der Waals surface area contributed by atoms with Crippen LogP contribution in [0.25, 0.3) is 22.4 Å². The first kappa shape index (κ1) is 17.0. The Balaban J connectivity index is 1.79. The van der Waals surface area contributed by atoms with Gasteiger partial charge in [0.2, 0.25) is 0 Å². The topological polar surface area (TPSA) is 51.2 Å². The molecule has 0 aliphatic carbocycles. The Morgan fingerprint density at radius 1 is 1.14 bits per heavy atom. The summed E-state index contributed by atoms with van der Waals surface area (Å²) in [5.74, 6) is -0.923. The number of rotatable bonds is 2. The molecule has 1 aliphatic rings. The minimum atomic E-state index is -4.67. The van der Waals surface area contributed by atoms with E-state index in [1.807, 2.05) is 25.1 Å². The number of hydrogen-bond acceptors (Lipinski definition) is 4. The highest BCUT2D eigenvalue weighted by molar-refractivity contribution is 5.83. The van der Waals surface area contributed by atoms with Crippen molar-refractivity contribution >= 4 is 22.2 Å². The van der Waals surface area contributed by atoms with E-state index in [0.29, 0.717) is 11.5 Å². The van der Waals surface area contributed by atoms with Crippen LogP contribution in [0.3, 0.4) is 0 Å². The van der Waals surface area contributed by atoms with Crippen LogP contribution in [-0.2, 0) is 6.18 Å². The Morgan fingerprint density at radius 2 is 1.93 bits per heavy atom. The average Bonchev–Trinajstić information content (AvgIpc) is 3.22. The molecule has 0 spiro atoms. The van der Waals surface area contributed by atoms with Crippen LogP contribution in [0.4, 0.5) is 23.2 Å². The molecule has 0 saturated carbocycles. The van der Waals surface area contributed by atoms with Crippen LogP contribution in [0.2, 0.25) is 0 Å². The van der Waals surface area contributed by atoms with Gasteiger partial charge in [-0.3, -0.25) is 0 Å². The number of benzene rings is 1. The first-order valence-electron chi connectivity index (χ1n) is 8.62. The number of aryl methyl sites for hydroxylation is 1. The molecular formula is C18H14F4N6. The third kappa shape index (κ3) is 2.51. The summed E-state index contributed by atoms with van der Waals surface area (Å²) in [5, 5.41) is 8.87. The molecule has 1 fully saturated rings. The Morgan fingerprint density at radius 3 is 2.64 bits per heavy atom. The third-order valence-electron chi connectivity index (χ3n) is 4.87. The van der Waals surface area contributed by atoms with Crippen molar-refractivity contribution in [2.45, 2.75) is 19.3 Å². The molecule has 1 aliphatic heterocycles. The third-order valence-corrected chi connectivity index (χ3v) is 4.87. The van der Waals surface area contributed by atoms with Gasteiger partial charge >= 0.3 is 6.18 Å². The largest absolute Gasteiger partial charge is 0.453 e. The fourth-order valence-corrected chi connectivity index (χ4v) is 3.47. The number of alkyl halides is 4. The standard InChI is InChI=1S/C18H14F4N6/c1-10-3-2-4-11-7-23-28(16(10)11)15-6-13(26-8-12(19)9-26)5-14-24-17(18(20,21)22)25-27(14)15/h2-7,12H,8-9H2,1H3. The van der Waals surface area contributed by atoms with Gasteiger partial charge in [0.05, 0.1) is 24.8 Å². The number of fused-ring (bicyclic) bond motifs is 2. The fraction of sp³-hybridized carbons (Fsp3) is 0.278. The summed E-state index contributed by atoms with van der Waals surface area (Å²) in [6, 6.07) is 8.79. The monoisotopic (exact) mass is 390 g/mol. The molecule has 1 aromatic carbocycles. The van der Waals surface area contributed by atoms with Crippen LogP contribution in [0.15, 0.2) is 36.5 Å². The Bertz CT molecular complexity index is 1200. The van der Waals surface area contributed by atoms with Gasteiger partial charge in [-0.2, -0.15) is 22.8 Å². The first-order valence-corrected chi connectivity index (χ1v) is 8.62. The molecular weight excluding hydrogens is 376 g/mol. The summed E-state index contributed by atoms with van der Waals surface area (Å²) in [7, 11) is 0. The lowest BCUT2D eigenvalue weighted by Crippen LogP contribution is -2.48. The van der Waals surface area contributed by atoms with Gasteiger partial charge < -0.3 is 4.90 Å². The number of hydrogen-bond donors (Lipinski definition) is 0. The number of aromatic nitrogens is 5. The molecule has 4 aromatic rings. The lowest BCUT2D eigenvalue weighted by Gasteiger charge is -2.36. The van der Waals surface area contributed by atoms with E-state index in [9.17, 15) is 17.6 Å². The van der Waals surface area contributed by atoms with Gasteiger partial charge in [-0.05, 0) is 12.5 Å². The quantitative estimate of drug-likeness (QED) is 0.491. The minimum Gasteiger partial charge on any atom is -0.365 e. The molecule has 3 aromatic heterocycles. The van der Waals surface area contributed by atoms with Crippen molar-refractivity contribution in [3.05, 3.63) is 47.9 Å². The molecule has 4 heterocycles. The smallest absolute Gasteiger partial charge is 0.365 e. The summed E-state index contributed by atoms with van der Waals surface area (Å²) in [5.41, 5.74) is 2.28. The second kappa shape index (κ2) is 5.66. The van der Waals surface area contributed by atoms with E-state index in [1.165, 1.54) is 6.07 Å². The predicted octanol–water partition coefficient (Wildman–Crippen LogP) is 3.55. The number of pyridine rings is 1. The maximum atomic E-state index is 13.3. The van der Waals surface area contributed by atoms with E-state index in [2.05, 4.69) is 15.2 Å². The zero-order chi connectivity index (χ0) is 19.6. The molecule has 0 atom stereocenters. The van der Waals surface area contributed by atoms with Crippen molar-refractivity contribution in [2.24, 2.45) is 0 Å². The van der Waals surface area contributed by atoms with E-state index in [1.54, 1.807) is 21.8 Å². The minimum absolute atomic E-state index is 0.0272. The molecule has 6 nitrogen and oxygen atoms in total.